The van der Waals surface area contributed by atoms with Gasteiger partial charge in [-0.15, -0.1) is 0 Å². The van der Waals surface area contributed by atoms with Gasteiger partial charge in [-0.25, -0.2) is 4.98 Å². The predicted octanol–water partition coefficient (Wildman–Crippen LogP) is 6.64. The fourth-order valence-electron chi connectivity index (χ4n) is 3.80. The Morgan fingerprint density at radius 1 is 1.06 bits per heavy atom. The summed E-state index contributed by atoms with van der Waals surface area (Å²) in [5, 5.41) is 3.76. The van der Waals surface area contributed by atoms with E-state index in [4.69, 9.17) is 13.9 Å². The number of benzene rings is 2. The van der Waals surface area contributed by atoms with Gasteiger partial charge in [-0.3, -0.25) is 4.79 Å². The first kappa shape index (κ1) is 23.1. The average molecular weight is 457 g/mol. The molecule has 0 radical (unpaired) electrons. The number of allylic oxidation sites excluding steroid dienone is 1. The third-order valence-corrected chi connectivity index (χ3v) is 5.39. The number of rotatable bonds is 8. The van der Waals surface area contributed by atoms with Crippen molar-refractivity contribution in [1.82, 2.24) is 4.98 Å². The number of furan rings is 1. The normalized spacial score (nSPS) is 11.5. The Kier molecular flexibility index (Phi) is 6.97. The smallest absolute Gasteiger partial charge is 0.249 e. The lowest BCUT2D eigenvalue weighted by Crippen LogP contribution is -2.10. The molecule has 34 heavy (non-hydrogen) atoms. The van der Waals surface area contributed by atoms with E-state index >= 15 is 0 Å². The van der Waals surface area contributed by atoms with Crippen molar-refractivity contribution in [1.29, 1.82) is 0 Å². The number of amides is 1. The minimum Gasteiger partial charge on any atom is -0.494 e. The Balaban J connectivity index is 1.70. The number of nitrogens with one attached hydrogen (secondary N) is 1. The predicted molar refractivity (Wildman–Crippen MR) is 135 cm³/mol. The number of pyridine rings is 1. The fourth-order valence-corrected chi connectivity index (χ4v) is 3.80. The molecule has 0 fully saturated rings. The number of nitrogens with zero attached hydrogens (tertiary/aromatic N) is 1. The van der Waals surface area contributed by atoms with Gasteiger partial charge in [-0.05, 0) is 74.7 Å². The molecule has 174 valence electrons. The first-order chi connectivity index (χ1) is 16.5. The first-order valence-electron chi connectivity index (χ1n) is 11.3. The summed E-state index contributed by atoms with van der Waals surface area (Å²) in [6, 6.07) is 15.5. The zero-order valence-corrected chi connectivity index (χ0v) is 19.8. The van der Waals surface area contributed by atoms with Crippen LogP contribution in [0.15, 0.2) is 71.5 Å². The van der Waals surface area contributed by atoms with Crippen molar-refractivity contribution in [2.24, 2.45) is 0 Å². The van der Waals surface area contributed by atoms with Crippen molar-refractivity contribution in [2.45, 2.75) is 27.7 Å². The van der Waals surface area contributed by atoms with Crippen LogP contribution in [0.5, 0.6) is 11.5 Å². The standard InChI is InChI=1S/C28H28N2O4/c1-5-32-21-9-7-20(8-10-21)24-17-34-26-16-25(33-6-2)22(15-23(24)26)19(4)14-28(31)30-27-13-18(3)11-12-29-27/h7-17H,5-6H2,1-4H3,(H,29,30,31)/b19-14+. The molecule has 2 heterocycles. The summed E-state index contributed by atoms with van der Waals surface area (Å²) in [7, 11) is 0. The second kappa shape index (κ2) is 10.3. The Bertz CT molecular complexity index is 1340. The SMILES string of the molecule is CCOc1ccc(-c2coc3cc(OCC)c(/C(C)=C/C(=O)Nc4cc(C)ccn4)cc23)cc1. The third-order valence-electron chi connectivity index (χ3n) is 5.39. The molecule has 0 spiro atoms. The van der Waals surface area contributed by atoms with Gasteiger partial charge in [-0.2, -0.15) is 0 Å². The summed E-state index contributed by atoms with van der Waals surface area (Å²) in [5.41, 5.74) is 5.32. The summed E-state index contributed by atoms with van der Waals surface area (Å²) >= 11 is 0. The van der Waals surface area contributed by atoms with Gasteiger partial charge in [-0.1, -0.05) is 12.1 Å². The van der Waals surface area contributed by atoms with Crippen molar-refractivity contribution < 1.29 is 18.7 Å². The minimum absolute atomic E-state index is 0.253. The van der Waals surface area contributed by atoms with Crippen LogP contribution in [0.1, 0.15) is 31.9 Å². The molecule has 0 atom stereocenters. The molecule has 0 aliphatic carbocycles. The molecule has 4 rings (SSSR count). The zero-order chi connectivity index (χ0) is 24.1. The van der Waals surface area contributed by atoms with Crippen LogP contribution in [0.4, 0.5) is 5.82 Å². The highest BCUT2D eigenvalue weighted by molar-refractivity contribution is 6.05. The molecule has 0 saturated heterocycles. The molecule has 0 bridgehead atoms. The molecule has 6 heteroatoms. The van der Waals surface area contributed by atoms with E-state index in [0.29, 0.717) is 24.8 Å². The molecule has 1 N–H and O–H groups in total. The van der Waals surface area contributed by atoms with Gasteiger partial charge in [0.1, 0.15) is 22.9 Å². The lowest BCUT2D eigenvalue weighted by atomic mass is 9.99. The number of hydrogen-bond acceptors (Lipinski definition) is 5. The maximum atomic E-state index is 12.7. The van der Waals surface area contributed by atoms with Crippen molar-refractivity contribution in [3.8, 4) is 22.6 Å². The van der Waals surface area contributed by atoms with E-state index < -0.39 is 0 Å². The van der Waals surface area contributed by atoms with Gasteiger partial charge in [0.25, 0.3) is 0 Å². The number of anilines is 1. The quantitative estimate of drug-likeness (QED) is 0.301. The van der Waals surface area contributed by atoms with E-state index in [2.05, 4.69) is 10.3 Å². The average Bonchev–Trinajstić information content (AvgIpc) is 3.22. The summed E-state index contributed by atoms with van der Waals surface area (Å²) in [6.07, 6.45) is 4.98. The molecule has 1 amide bonds. The van der Waals surface area contributed by atoms with E-state index in [1.807, 2.05) is 76.2 Å². The summed E-state index contributed by atoms with van der Waals surface area (Å²) < 4.78 is 17.3. The maximum absolute atomic E-state index is 12.7. The van der Waals surface area contributed by atoms with Crippen molar-refractivity contribution in [2.75, 3.05) is 18.5 Å². The maximum Gasteiger partial charge on any atom is 0.249 e. The molecular formula is C28H28N2O4. The highest BCUT2D eigenvalue weighted by Gasteiger charge is 2.15. The van der Waals surface area contributed by atoms with Gasteiger partial charge in [0, 0.05) is 34.9 Å². The molecule has 6 nitrogen and oxygen atoms in total. The molecule has 0 saturated carbocycles. The van der Waals surface area contributed by atoms with E-state index in [0.717, 1.165) is 44.5 Å². The number of fused-ring (bicyclic) bond motifs is 1. The Hall–Kier alpha value is -4.06. The molecule has 2 aromatic carbocycles. The number of ether oxygens (including phenoxy) is 2. The van der Waals surface area contributed by atoms with Gasteiger partial charge in [0.15, 0.2) is 0 Å². The lowest BCUT2D eigenvalue weighted by molar-refractivity contribution is -0.111. The van der Waals surface area contributed by atoms with Crippen LogP contribution in [0.3, 0.4) is 0 Å². The number of carbonyl (C=O) groups excluding carboxylic acids is 1. The first-order valence-corrected chi connectivity index (χ1v) is 11.3. The summed E-state index contributed by atoms with van der Waals surface area (Å²) in [6.45, 7) is 8.85. The van der Waals surface area contributed by atoms with Crippen LogP contribution in [0.25, 0.3) is 27.7 Å². The summed E-state index contributed by atoms with van der Waals surface area (Å²) in [4.78, 5) is 16.9. The van der Waals surface area contributed by atoms with Crippen LogP contribution < -0.4 is 14.8 Å². The van der Waals surface area contributed by atoms with Crippen molar-refractivity contribution >= 4 is 28.3 Å². The van der Waals surface area contributed by atoms with Crippen LogP contribution in [-0.4, -0.2) is 24.1 Å². The molecule has 0 aliphatic heterocycles. The zero-order valence-electron chi connectivity index (χ0n) is 19.8. The Labute approximate surface area is 199 Å². The highest BCUT2D eigenvalue weighted by atomic mass is 16.5. The van der Waals surface area contributed by atoms with E-state index in [1.165, 1.54) is 0 Å². The van der Waals surface area contributed by atoms with Gasteiger partial charge in [0.2, 0.25) is 5.91 Å². The number of hydrogen-bond donors (Lipinski definition) is 1. The minimum atomic E-state index is -0.253. The Morgan fingerprint density at radius 2 is 1.82 bits per heavy atom. The van der Waals surface area contributed by atoms with E-state index in [9.17, 15) is 4.79 Å². The van der Waals surface area contributed by atoms with Crippen LogP contribution in [-0.2, 0) is 4.79 Å². The van der Waals surface area contributed by atoms with Gasteiger partial charge >= 0.3 is 0 Å². The second-order valence-corrected chi connectivity index (χ2v) is 7.92. The molecule has 0 aliphatic rings. The largest absolute Gasteiger partial charge is 0.494 e. The van der Waals surface area contributed by atoms with E-state index in [-0.39, 0.29) is 5.91 Å². The van der Waals surface area contributed by atoms with E-state index in [1.54, 1.807) is 18.5 Å². The molecule has 0 unspecified atom stereocenters. The number of carbonyl (C=O) groups is 1. The lowest BCUT2D eigenvalue weighted by Gasteiger charge is -2.12. The number of aryl methyl sites for hydroxylation is 1. The number of aromatic nitrogens is 1. The van der Waals surface area contributed by atoms with Crippen LogP contribution in [0.2, 0.25) is 0 Å². The van der Waals surface area contributed by atoms with Crippen molar-refractivity contribution in [3.63, 3.8) is 0 Å². The topological polar surface area (TPSA) is 73.6 Å². The third kappa shape index (κ3) is 5.12. The molecule has 4 aromatic rings. The Morgan fingerprint density at radius 3 is 2.53 bits per heavy atom. The monoisotopic (exact) mass is 456 g/mol. The molecular weight excluding hydrogens is 428 g/mol. The second-order valence-electron chi connectivity index (χ2n) is 7.92. The fraction of sp³-hybridized carbons (Fsp3) is 0.214. The van der Waals surface area contributed by atoms with Gasteiger partial charge in [0.05, 0.1) is 19.5 Å². The highest BCUT2D eigenvalue weighted by Crippen LogP contribution is 2.38. The van der Waals surface area contributed by atoms with Crippen LogP contribution in [0, 0.1) is 6.92 Å². The van der Waals surface area contributed by atoms with Gasteiger partial charge < -0.3 is 19.2 Å². The van der Waals surface area contributed by atoms with Crippen LogP contribution >= 0.6 is 0 Å². The summed E-state index contributed by atoms with van der Waals surface area (Å²) in [5.74, 6) is 1.75. The molecule has 2 aromatic heterocycles. The van der Waals surface area contributed by atoms with Crippen molar-refractivity contribution in [3.05, 3.63) is 78.2 Å².